The Morgan fingerprint density at radius 1 is 0.969 bits per heavy atom. The van der Waals surface area contributed by atoms with Crippen molar-refractivity contribution in [1.82, 2.24) is 0 Å². The molecule has 0 fully saturated rings. The summed E-state index contributed by atoms with van der Waals surface area (Å²) in [7, 11) is -3.04. The van der Waals surface area contributed by atoms with Crippen LogP contribution in [0.3, 0.4) is 0 Å². The standard InChI is InChI=1S/C23H24N2O5S2/c1-15-5-7-19(8-6-15)25(14-21(26)24-18-12-16(2)11-17(3)13-18)32(28,29)20-9-10-31-22(20)23(27)30-4/h5-13H,14H2,1-4H3,(H,24,26). The molecule has 168 valence electrons. The summed E-state index contributed by atoms with van der Waals surface area (Å²) in [5, 5.41) is 4.27. The molecule has 0 bridgehead atoms. The van der Waals surface area contributed by atoms with Gasteiger partial charge in [0.25, 0.3) is 10.0 Å². The first-order valence-corrected chi connectivity index (χ1v) is 12.1. The smallest absolute Gasteiger partial charge is 0.349 e. The summed E-state index contributed by atoms with van der Waals surface area (Å²) in [6, 6.07) is 13.7. The summed E-state index contributed by atoms with van der Waals surface area (Å²) in [6.45, 7) is 5.24. The number of amides is 1. The summed E-state index contributed by atoms with van der Waals surface area (Å²) < 4.78 is 32.8. The number of hydrogen-bond donors (Lipinski definition) is 1. The van der Waals surface area contributed by atoms with Crippen molar-refractivity contribution in [3.8, 4) is 0 Å². The molecule has 0 unspecified atom stereocenters. The second-order valence-electron chi connectivity index (χ2n) is 7.38. The molecule has 1 N–H and O–H groups in total. The quantitative estimate of drug-likeness (QED) is 0.518. The van der Waals surface area contributed by atoms with Crippen LogP contribution in [0.4, 0.5) is 11.4 Å². The Morgan fingerprint density at radius 3 is 2.19 bits per heavy atom. The van der Waals surface area contributed by atoms with Gasteiger partial charge in [0.1, 0.15) is 16.3 Å². The Hall–Kier alpha value is -3.17. The maximum atomic E-state index is 13.6. The number of methoxy groups -OCH3 is 1. The molecular weight excluding hydrogens is 448 g/mol. The van der Waals surface area contributed by atoms with Crippen LogP contribution < -0.4 is 9.62 Å². The van der Waals surface area contributed by atoms with Gasteiger partial charge in [-0.05, 0) is 67.6 Å². The van der Waals surface area contributed by atoms with E-state index in [-0.39, 0.29) is 9.77 Å². The van der Waals surface area contributed by atoms with Crippen molar-refractivity contribution in [3.05, 3.63) is 75.5 Å². The Labute approximate surface area is 191 Å². The maximum Gasteiger partial charge on any atom is 0.349 e. The molecule has 9 heteroatoms. The summed E-state index contributed by atoms with van der Waals surface area (Å²) >= 11 is 0.968. The number of aryl methyl sites for hydroxylation is 3. The van der Waals surface area contributed by atoms with Gasteiger partial charge in [0.05, 0.1) is 12.8 Å². The molecule has 1 amide bonds. The molecule has 0 atom stereocenters. The van der Waals surface area contributed by atoms with Crippen LogP contribution >= 0.6 is 11.3 Å². The normalized spacial score (nSPS) is 11.1. The van der Waals surface area contributed by atoms with E-state index in [0.29, 0.717) is 11.4 Å². The highest BCUT2D eigenvalue weighted by Gasteiger charge is 2.32. The fourth-order valence-electron chi connectivity index (χ4n) is 3.26. The molecule has 32 heavy (non-hydrogen) atoms. The molecule has 3 rings (SSSR count). The van der Waals surface area contributed by atoms with E-state index < -0.39 is 28.4 Å². The monoisotopic (exact) mass is 472 g/mol. The van der Waals surface area contributed by atoms with E-state index in [1.165, 1.54) is 18.6 Å². The second-order valence-corrected chi connectivity index (χ2v) is 10.1. The number of esters is 1. The van der Waals surface area contributed by atoms with Crippen molar-refractivity contribution in [2.24, 2.45) is 0 Å². The van der Waals surface area contributed by atoms with Gasteiger partial charge in [-0.3, -0.25) is 9.10 Å². The molecule has 0 saturated heterocycles. The predicted octanol–water partition coefficient (Wildman–Crippen LogP) is 4.29. The number of nitrogens with one attached hydrogen (secondary N) is 1. The highest BCUT2D eigenvalue weighted by Crippen LogP contribution is 2.29. The van der Waals surface area contributed by atoms with Crippen LogP contribution in [-0.4, -0.2) is 33.9 Å². The van der Waals surface area contributed by atoms with E-state index in [1.807, 2.05) is 39.0 Å². The molecule has 7 nitrogen and oxygen atoms in total. The third-order valence-corrected chi connectivity index (χ3v) is 7.52. The average molecular weight is 473 g/mol. The van der Waals surface area contributed by atoms with Crippen LogP contribution in [0, 0.1) is 20.8 Å². The highest BCUT2D eigenvalue weighted by molar-refractivity contribution is 7.93. The lowest BCUT2D eigenvalue weighted by molar-refractivity contribution is -0.114. The van der Waals surface area contributed by atoms with Crippen molar-refractivity contribution >= 4 is 44.6 Å². The van der Waals surface area contributed by atoms with Crippen molar-refractivity contribution in [3.63, 3.8) is 0 Å². The number of thiophene rings is 1. The number of carbonyl (C=O) groups excluding carboxylic acids is 2. The molecule has 0 aliphatic carbocycles. The minimum atomic E-state index is -4.23. The fourth-order valence-corrected chi connectivity index (χ4v) is 6.00. The Balaban J connectivity index is 1.99. The lowest BCUT2D eigenvalue weighted by Crippen LogP contribution is -2.38. The number of nitrogens with zero attached hydrogens (tertiary/aromatic N) is 1. The molecule has 0 spiro atoms. The van der Waals surface area contributed by atoms with Crippen LogP contribution in [0.1, 0.15) is 26.4 Å². The minimum absolute atomic E-state index is 0.0423. The fraction of sp³-hybridized carbons (Fsp3) is 0.217. The zero-order valence-electron chi connectivity index (χ0n) is 18.2. The second kappa shape index (κ2) is 9.54. The van der Waals surface area contributed by atoms with E-state index in [2.05, 4.69) is 5.32 Å². The molecule has 2 aromatic carbocycles. The Bertz CT molecular complexity index is 1230. The average Bonchev–Trinajstić information content (AvgIpc) is 3.22. The van der Waals surface area contributed by atoms with Gasteiger partial charge in [0, 0.05) is 5.69 Å². The first-order chi connectivity index (χ1) is 15.1. The summed E-state index contributed by atoms with van der Waals surface area (Å²) in [5.74, 6) is -1.25. The van der Waals surface area contributed by atoms with Crippen molar-refractivity contribution in [2.75, 3.05) is 23.3 Å². The molecule has 0 radical (unpaired) electrons. The molecule has 1 heterocycles. The number of sulfonamides is 1. The van der Waals surface area contributed by atoms with E-state index >= 15 is 0 Å². The SMILES string of the molecule is COC(=O)c1sccc1S(=O)(=O)N(CC(=O)Nc1cc(C)cc(C)c1)c1ccc(C)cc1. The molecule has 0 aliphatic heterocycles. The number of carbonyl (C=O) groups is 2. The van der Waals surface area contributed by atoms with Gasteiger partial charge in [0.2, 0.25) is 5.91 Å². The first kappa shape index (κ1) is 23.5. The molecule has 1 aromatic heterocycles. The van der Waals surface area contributed by atoms with Gasteiger partial charge < -0.3 is 10.1 Å². The van der Waals surface area contributed by atoms with Gasteiger partial charge in [-0.15, -0.1) is 11.3 Å². The number of ether oxygens (including phenoxy) is 1. The number of benzene rings is 2. The predicted molar refractivity (Wildman–Crippen MR) is 126 cm³/mol. The zero-order chi connectivity index (χ0) is 23.5. The highest BCUT2D eigenvalue weighted by atomic mass is 32.2. The number of rotatable bonds is 7. The number of hydrogen-bond acceptors (Lipinski definition) is 6. The lowest BCUT2D eigenvalue weighted by atomic mass is 10.1. The molecule has 3 aromatic rings. The molecule has 0 saturated carbocycles. The van der Waals surface area contributed by atoms with Crippen LogP contribution in [0.25, 0.3) is 0 Å². The Kier molecular flexibility index (Phi) is 7.00. The van der Waals surface area contributed by atoms with E-state index in [1.54, 1.807) is 24.3 Å². The van der Waals surface area contributed by atoms with Gasteiger partial charge in [-0.25, -0.2) is 13.2 Å². The lowest BCUT2D eigenvalue weighted by Gasteiger charge is -2.24. The minimum Gasteiger partial charge on any atom is -0.465 e. The van der Waals surface area contributed by atoms with Gasteiger partial charge in [-0.1, -0.05) is 23.8 Å². The van der Waals surface area contributed by atoms with Crippen LogP contribution in [0.5, 0.6) is 0 Å². The summed E-state index contributed by atoms with van der Waals surface area (Å²) in [4.78, 5) is 24.7. The third kappa shape index (κ3) is 5.17. The van der Waals surface area contributed by atoms with Gasteiger partial charge in [-0.2, -0.15) is 0 Å². The largest absolute Gasteiger partial charge is 0.465 e. The topological polar surface area (TPSA) is 92.8 Å². The van der Waals surface area contributed by atoms with E-state index in [9.17, 15) is 18.0 Å². The van der Waals surface area contributed by atoms with Crippen LogP contribution in [0.2, 0.25) is 0 Å². The van der Waals surface area contributed by atoms with Crippen molar-refractivity contribution < 1.29 is 22.7 Å². The first-order valence-electron chi connectivity index (χ1n) is 9.75. The van der Waals surface area contributed by atoms with Gasteiger partial charge in [0.15, 0.2) is 0 Å². The summed E-state index contributed by atoms with van der Waals surface area (Å²) in [6.07, 6.45) is 0. The van der Waals surface area contributed by atoms with Crippen molar-refractivity contribution in [1.29, 1.82) is 0 Å². The Morgan fingerprint density at radius 2 is 1.59 bits per heavy atom. The van der Waals surface area contributed by atoms with Crippen LogP contribution in [-0.2, 0) is 19.6 Å². The third-order valence-electron chi connectivity index (χ3n) is 4.68. The van der Waals surface area contributed by atoms with Crippen molar-refractivity contribution in [2.45, 2.75) is 25.7 Å². The van der Waals surface area contributed by atoms with E-state index in [4.69, 9.17) is 4.74 Å². The maximum absolute atomic E-state index is 13.6. The van der Waals surface area contributed by atoms with Gasteiger partial charge >= 0.3 is 5.97 Å². The van der Waals surface area contributed by atoms with E-state index in [0.717, 1.165) is 32.3 Å². The summed E-state index contributed by atoms with van der Waals surface area (Å²) in [5.41, 5.74) is 3.79. The molecule has 0 aliphatic rings. The van der Waals surface area contributed by atoms with Crippen LogP contribution in [0.15, 0.2) is 58.8 Å². The molecular formula is C23H24N2O5S2. The zero-order valence-corrected chi connectivity index (χ0v) is 19.8. The number of anilines is 2.